The quantitative estimate of drug-likeness (QED) is 0.680. The first kappa shape index (κ1) is 17.2. The molecule has 2 aromatic heterocycles. The Labute approximate surface area is 158 Å². The Morgan fingerprint density at radius 1 is 1.12 bits per heavy atom. The molecule has 1 aromatic carbocycles. The summed E-state index contributed by atoms with van der Waals surface area (Å²) in [5.41, 5.74) is 5.06. The van der Waals surface area contributed by atoms with Gasteiger partial charge in [0.2, 0.25) is 0 Å². The number of benzene rings is 1. The van der Waals surface area contributed by atoms with Gasteiger partial charge < -0.3 is 4.90 Å². The molecule has 1 amide bonds. The fourth-order valence-corrected chi connectivity index (χ4v) is 5.02. The average Bonchev–Trinajstić information content (AvgIpc) is 2.81. The number of nitrogens with zero attached hydrogens (tertiary/aromatic N) is 3. The lowest BCUT2D eigenvalue weighted by molar-refractivity contribution is 0.0759. The molecule has 3 aromatic rings. The van der Waals surface area contributed by atoms with Gasteiger partial charge in [0.1, 0.15) is 11.3 Å². The SMILES string of the molecule is Cc1ccccc1C1CCN(C(=O)c2c(C)nc3ccccn23)CCS1. The van der Waals surface area contributed by atoms with Crippen LogP contribution in [0.4, 0.5) is 0 Å². The summed E-state index contributed by atoms with van der Waals surface area (Å²) in [5.74, 6) is 1.05. The van der Waals surface area contributed by atoms with Crippen LogP contribution in [0.2, 0.25) is 0 Å². The van der Waals surface area contributed by atoms with E-state index in [1.807, 2.05) is 52.4 Å². The number of thioether (sulfide) groups is 1. The molecule has 1 atom stereocenters. The van der Waals surface area contributed by atoms with Crippen LogP contribution in [0, 0.1) is 13.8 Å². The summed E-state index contributed by atoms with van der Waals surface area (Å²) in [6, 6.07) is 14.4. The number of amides is 1. The van der Waals surface area contributed by atoms with E-state index >= 15 is 0 Å². The van der Waals surface area contributed by atoms with Crippen LogP contribution in [0.5, 0.6) is 0 Å². The van der Waals surface area contributed by atoms with Crippen LogP contribution in [-0.2, 0) is 0 Å². The summed E-state index contributed by atoms with van der Waals surface area (Å²) in [4.78, 5) is 19.7. The first-order valence-electron chi connectivity index (χ1n) is 9.05. The van der Waals surface area contributed by atoms with Gasteiger partial charge in [-0.05, 0) is 43.5 Å². The second kappa shape index (κ2) is 7.16. The maximum absolute atomic E-state index is 13.2. The van der Waals surface area contributed by atoms with E-state index in [9.17, 15) is 4.79 Å². The highest BCUT2D eigenvalue weighted by Gasteiger charge is 2.26. The van der Waals surface area contributed by atoms with Gasteiger partial charge >= 0.3 is 0 Å². The third kappa shape index (κ3) is 3.12. The Morgan fingerprint density at radius 3 is 2.77 bits per heavy atom. The molecule has 0 saturated carbocycles. The summed E-state index contributed by atoms with van der Waals surface area (Å²) >= 11 is 1.96. The van der Waals surface area contributed by atoms with E-state index in [-0.39, 0.29) is 5.91 Å². The number of hydrogen-bond acceptors (Lipinski definition) is 3. The van der Waals surface area contributed by atoms with Gasteiger partial charge in [-0.2, -0.15) is 11.8 Å². The third-order valence-corrected chi connectivity index (χ3v) is 6.38. The number of aromatic nitrogens is 2. The topological polar surface area (TPSA) is 37.6 Å². The van der Waals surface area contributed by atoms with Crippen molar-refractivity contribution in [1.29, 1.82) is 0 Å². The predicted molar refractivity (Wildman–Crippen MR) is 107 cm³/mol. The van der Waals surface area contributed by atoms with Crippen LogP contribution >= 0.6 is 11.8 Å². The number of imidazole rings is 1. The Morgan fingerprint density at radius 2 is 1.92 bits per heavy atom. The van der Waals surface area contributed by atoms with Crippen LogP contribution in [-0.4, -0.2) is 39.0 Å². The Bertz CT molecular complexity index is 949. The summed E-state index contributed by atoms with van der Waals surface area (Å²) in [6.45, 7) is 5.66. The van der Waals surface area contributed by atoms with Crippen molar-refractivity contribution >= 4 is 23.3 Å². The van der Waals surface area contributed by atoms with Gasteiger partial charge in [0.05, 0.1) is 5.69 Å². The fraction of sp³-hybridized carbons (Fsp3) is 0.333. The molecule has 26 heavy (non-hydrogen) atoms. The number of aryl methyl sites for hydroxylation is 2. The maximum atomic E-state index is 13.2. The van der Waals surface area contributed by atoms with E-state index in [0.29, 0.717) is 10.9 Å². The Kier molecular flexibility index (Phi) is 4.72. The summed E-state index contributed by atoms with van der Waals surface area (Å²) in [7, 11) is 0. The highest BCUT2D eigenvalue weighted by atomic mass is 32.2. The van der Waals surface area contributed by atoms with Gasteiger partial charge in [-0.15, -0.1) is 0 Å². The zero-order valence-electron chi connectivity index (χ0n) is 15.2. The summed E-state index contributed by atoms with van der Waals surface area (Å²) in [6.07, 6.45) is 2.91. The molecule has 1 unspecified atom stereocenters. The molecule has 134 valence electrons. The van der Waals surface area contributed by atoms with Gasteiger partial charge in [0.25, 0.3) is 5.91 Å². The molecule has 0 aliphatic carbocycles. The van der Waals surface area contributed by atoms with Gasteiger partial charge in [-0.25, -0.2) is 4.98 Å². The van der Waals surface area contributed by atoms with Crippen LogP contribution in [0.25, 0.3) is 5.65 Å². The van der Waals surface area contributed by atoms with Gasteiger partial charge in [0, 0.05) is 30.3 Å². The molecule has 1 saturated heterocycles. The number of hydrogen-bond donors (Lipinski definition) is 0. The lowest BCUT2D eigenvalue weighted by Crippen LogP contribution is -2.34. The lowest BCUT2D eigenvalue weighted by Gasteiger charge is -2.21. The van der Waals surface area contributed by atoms with Crippen molar-refractivity contribution in [3.63, 3.8) is 0 Å². The zero-order valence-corrected chi connectivity index (χ0v) is 16.0. The molecule has 1 aliphatic rings. The van der Waals surface area contributed by atoms with Crippen molar-refractivity contribution < 1.29 is 4.79 Å². The van der Waals surface area contributed by atoms with Crippen LogP contribution in [0.1, 0.15) is 39.0 Å². The molecule has 1 aliphatic heterocycles. The van der Waals surface area contributed by atoms with E-state index < -0.39 is 0 Å². The number of carbonyl (C=O) groups excluding carboxylic acids is 1. The average molecular weight is 366 g/mol. The maximum Gasteiger partial charge on any atom is 0.272 e. The van der Waals surface area contributed by atoms with Gasteiger partial charge in [-0.1, -0.05) is 30.3 Å². The van der Waals surface area contributed by atoms with E-state index in [1.54, 1.807) is 0 Å². The monoisotopic (exact) mass is 365 g/mol. The molecule has 5 heteroatoms. The van der Waals surface area contributed by atoms with Gasteiger partial charge in [0.15, 0.2) is 0 Å². The molecule has 4 nitrogen and oxygen atoms in total. The minimum absolute atomic E-state index is 0.0900. The normalized spacial score (nSPS) is 18.1. The Hall–Kier alpha value is -2.27. The highest BCUT2D eigenvalue weighted by molar-refractivity contribution is 7.99. The second-order valence-electron chi connectivity index (χ2n) is 6.77. The highest BCUT2D eigenvalue weighted by Crippen LogP contribution is 2.36. The summed E-state index contributed by atoms with van der Waals surface area (Å²) in [5, 5.41) is 0.456. The first-order chi connectivity index (χ1) is 12.6. The predicted octanol–water partition coefficient (Wildman–Crippen LogP) is 4.27. The number of rotatable bonds is 2. The number of carbonyl (C=O) groups is 1. The molecule has 0 N–H and O–H groups in total. The number of pyridine rings is 1. The fourth-order valence-electron chi connectivity index (χ4n) is 3.69. The van der Waals surface area contributed by atoms with Gasteiger partial charge in [-0.3, -0.25) is 9.20 Å². The largest absolute Gasteiger partial charge is 0.336 e. The molecule has 0 spiro atoms. The lowest BCUT2D eigenvalue weighted by atomic mass is 10.0. The third-order valence-electron chi connectivity index (χ3n) is 5.07. The van der Waals surface area contributed by atoms with E-state index in [4.69, 9.17) is 0 Å². The molecule has 0 radical (unpaired) electrons. The van der Waals surface area contributed by atoms with Crippen molar-refractivity contribution in [1.82, 2.24) is 14.3 Å². The van der Waals surface area contributed by atoms with Crippen molar-refractivity contribution in [3.8, 4) is 0 Å². The molecule has 4 rings (SSSR count). The van der Waals surface area contributed by atoms with E-state index in [1.165, 1.54) is 11.1 Å². The standard InChI is InChI=1S/C21H23N3OS/c1-15-7-3-4-8-17(15)18-10-12-23(13-14-26-18)21(25)20-16(2)22-19-9-5-6-11-24(19)20/h3-9,11,18H,10,12-14H2,1-2H3. The second-order valence-corrected chi connectivity index (χ2v) is 8.08. The van der Waals surface area contributed by atoms with Crippen LogP contribution < -0.4 is 0 Å². The smallest absolute Gasteiger partial charge is 0.272 e. The zero-order chi connectivity index (χ0) is 18.1. The van der Waals surface area contributed by atoms with E-state index in [2.05, 4.69) is 36.2 Å². The van der Waals surface area contributed by atoms with E-state index in [0.717, 1.165) is 36.6 Å². The van der Waals surface area contributed by atoms with Crippen molar-refractivity contribution in [2.24, 2.45) is 0 Å². The van der Waals surface area contributed by atoms with Crippen LogP contribution in [0.3, 0.4) is 0 Å². The minimum atomic E-state index is 0.0900. The number of fused-ring (bicyclic) bond motifs is 1. The van der Waals surface area contributed by atoms with Crippen LogP contribution in [0.15, 0.2) is 48.7 Å². The molecule has 3 heterocycles. The molecular formula is C21H23N3OS. The summed E-state index contributed by atoms with van der Waals surface area (Å²) < 4.78 is 1.91. The van der Waals surface area contributed by atoms with Crippen molar-refractivity contribution in [2.75, 3.05) is 18.8 Å². The molecular weight excluding hydrogens is 342 g/mol. The minimum Gasteiger partial charge on any atom is -0.336 e. The van der Waals surface area contributed by atoms with Crippen molar-refractivity contribution in [2.45, 2.75) is 25.5 Å². The van der Waals surface area contributed by atoms with Crippen molar-refractivity contribution in [3.05, 3.63) is 71.2 Å². The molecule has 1 fully saturated rings. The molecule has 0 bridgehead atoms. The first-order valence-corrected chi connectivity index (χ1v) is 10.1. The Balaban J connectivity index is 1.56.